The molecule has 5 nitrogen and oxygen atoms in total. The van der Waals surface area contributed by atoms with Crippen molar-refractivity contribution in [3.05, 3.63) is 59.2 Å². The number of hydrogen-bond donors (Lipinski definition) is 1. The van der Waals surface area contributed by atoms with E-state index in [0.717, 1.165) is 28.1 Å². The predicted molar refractivity (Wildman–Crippen MR) is 108 cm³/mol. The Balaban J connectivity index is 1.89. The molecule has 0 saturated heterocycles. The highest BCUT2D eigenvalue weighted by Gasteiger charge is 2.16. The molecule has 0 spiro atoms. The molecular weight excluding hydrogens is 340 g/mol. The molecule has 0 bridgehead atoms. The van der Waals surface area contributed by atoms with E-state index in [9.17, 15) is 9.59 Å². The summed E-state index contributed by atoms with van der Waals surface area (Å²) in [6.45, 7) is 6.43. The van der Waals surface area contributed by atoms with E-state index in [2.05, 4.69) is 5.32 Å². The number of para-hydroxylation sites is 1. The van der Waals surface area contributed by atoms with Crippen LogP contribution >= 0.6 is 0 Å². The molecule has 5 heteroatoms. The molecule has 2 rings (SSSR count). The van der Waals surface area contributed by atoms with Gasteiger partial charge in [-0.3, -0.25) is 9.59 Å². The van der Waals surface area contributed by atoms with E-state index in [0.29, 0.717) is 19.5 Å². The number of rotatable bonds is 8. The third kappa shape index (κ3) is 5.58. The van der Waals surface area contributed by atoms with E-state index in [-0.39, 0.29) is 18.2 Å². The molecule has 0 unspecified atom stereocenters. The summed E-state index contributed by atoms with van der Waals surface area (Å²) in [6.07, 6.45) is 0.960. The van der Waals surface area contributed by atoms with Crippen LogP contribution < -0.4 is 15.0 Å². The average Bonchev–Trinajstić information content (AvgIpc) is 2.65. The zero-order valence-corrected chi connectivity index (χ0v) is 16.5. The number of nitrogens with zero attached hydrogens (tertiary/aromatic N) is 1. The van der Waals surface area contributed by atoms with Crippen LogP contribution in [0.1, 0.15) is 30.0 Å². The topological polar surface area (TPSA) is 58.6 Å². The third-order valence-corrected chi connectivity index (χ3v) is 4.72. The molecule has 0 heterocycles. The van der Waals surface area contributed by atoms with Gasteiger partial charge in [0.15, 0.2) is 0 Å². The number of ether oxygens (including phenoxy) is 1. The van der Waals surface area contributed by atoms with E-state index < -0.39 is 0 Å². The van der Waals surface area contributed by atoms with Crippen LogP contribution in [-0.4, -0.2) is 32.0 Å². The lowest BCUT2D eigenvalue weighted by Crippen LogP contribution is -2.35. The van der Waals surface area contributed by atoms with Crippen molar-refractivity contribution >= 4 is 17.5 Å². The van der Waals surface area contributed by atoms with E-state index in [1.165, 1.54) is 6.92 Å². The minimum atomic E-state index is -0.0681. The number of methoxy groups -OCH3 is 1. The van der Waals surface area contributed by atoms with Gasteiger partial charge in [-0.15, -0.1) is 0 Å². The number of benzene rings is 2. The predicted octanol–water partition coefficient (Wildman–Crippen LogP) is 3.41. The van der Waals surface area contributed by atoms with Gasteiger partial charge in [-0.05, 0) is 49.1 Å². The van der Waals surface area contributed by atoms with Crippen molar-refractivity contribution in [2.75, 3.05) is 25.1 Å². The van der Waals surface area contributed by atoms with Gasteiger partial charge >= 0.3 is 0 Å². The number of nitrogens with one attached hydrogen (secondary N) is 1. The lowest BCUT2D eigenvalue weighted by Gasteiger charge is -2.23. The molecule has 0 aliphatic heterocycles. The molecule has 0 aliphatic carbocycles. The summed E-state index contributed by atoms with van der Waals surface area (Å²) in [5, 5.41) is 2.92. The number of carbonyl (C=O) groups excluding carboxylic acids is 2. The van der Waals surface area contributed by atoms with E-state index in [1.807, 2.05) is 56.3 Å². The fourth-order valence-corrected chi connectivity index (χ4v) is 3.02. The van der Waals surface area contributed by atoms with Crippen molar-refractivity contribution in [3.8, 4) is 5.75 Å². The normalized spacial score (nSPS) is 10.4. The van der Waals surface area contributed by atoms with Gasteiger partial charge in [0.05, 0.1) is 7.11 Å². The Morgan fingerprint density at radius 2 is 1.81 bits per heavy atom. The smallest absolute Gasteiger partial charge is 0.223 e. The van der Waals surface area contributed by atoms with Crippen LogP contribution in [0.2, 0.25) is 0 Å². The molecule has 0 aliphatic rings. The molecule has 2 aromatic rings. The maximum atomic E-state index is 12.2. The van der Waals surface area contributed by atoms with Crippen molar-refractivity contribution in [2.45, 2.75) is 33.6 Å². The Hall–Kier alpha value is -2.82. The van der Waals surface area contributed by atoms with Gasteiger partial charge in [0, 0.05) is 32.1 Å². The Morgan fingerprint density at radius 1 is 1.07 bits per heavy atom. The highest BCUT2D eigenvalue weighted by atomic mass is 16.5. The van der Waals surface area contributed by atoms with Crippen LogP contribution in [0, 0.1) is 13.8 Å². The first-order chi connectivity index (χ1) is 12.9. The maximum Gasteiger partial charge on any atom is 0.223 e. The summed E-state index contributed by atoms with van der Waals surface area (Å²) in [7, 11) is 1.64. The van der Waals surface area contributed by atoms with Crippen molar-refractivity contribution in [2.24, 2.45) is 0 Å². The fraction of sp³-hybridized carbons (Fsp3) is 0.364. The monoisotopic (exact) mass is 368 g/mol. The lowest BCUT2D eigenvalue weighted by molar-refractivity contribution is -0.121. The molecule has 2 aromatic carbocycles. The van der Waals surface area contributed by atoms with Gasteiger partial charge in [0.2, 0.25) is 11.8 Å². The summed E-state index contributed by atoms with van der Waals surface area (Å²) in [5.74, 6) is 0.691. The third-order valence-electron chi connectivity index (χ3n) is 4.72. The van der Waals surface area contributed by atoms with Crippen molar-refractivity contribution in [3.63, 3.8) is 0 Å². The SMILES string of the molecule is COc1ccccc1CCNC(=O)CCN(C(C)=O)c1cccc(C)c1C. The number of amides is 2. The van der Waals surface area contributed by atoms with Crippen LogP contribution in [0.5, 0.6) is 5.75 Å². The summed E-state index contributed by atoms with van der Waals surface area (Å²) >= 11 is 0. The molecule has 0 fully saturated rings. The zero-order chi connectivity index (χ0) is 19.8. The second-order valence-electron chi connectivity index (χ2n) is 6.55. The van der Waals surface area contributed by atoms with Crippen molar-refractivity contribution in [1.82, 2.24) is 5.32 Å². The molecule has 0 aromatic heterocycles. The van der Waals surface area contributed by atoms with Crippen LogP contribution in [0.4, 0.5) is 5.69 Å². The molecular formula is C22H28N2O3. The molecule has 0 radical (unpaired) electrons. The first-order valence-corrected chi connectivity index (χ1v) is 9.17. The van der Waals surface area contributed by atoms with Gasteiger partial charge in [-0.2, -0.15) is 0 Å². The van der Waals surface area contributed by atoms with Crippen molar-refractivity contribution in [1.29, 1.82) is 0 Å². The largest absolute Gasteiger partial charge is 0.496 e. The number of anilines is 1. The highest BCUT2D eigenvalue weighted by Crippen LogP contribution is 2.23. The van der Waals surface area contributed by atoms with Crippen LogP contribution in [0.15, 0.2) is 42.5 Å². The minimum Gasteiger partial charge on any atom is -0.496 e. The summed E-state index contributed by atoms with van der Waals surface area (Å²) in [4.78, 5) is 26.0. The fourth-order valence-electron chi connectivity index (χ4n) is 3.02. The summed E-state index contributed by atoms with van der Waals surface area (Å²) in [6, 6.07) is 13.6. The molecule has 2 amide bonds. The number of hydrogen-bond acceptors (Lipinski definition) is 3. The maximum absolute atomic E-state index is 12.2. The minimum absolute atomic E-state index is 0.0643. The second-order valence-corrected chi connectivity index (χ2v) is 6.55. The molecule has 27 heavy (non-hydrogen) atoms. The van der Waals surface area contributed by atoms with Gasteiger partial charge in [0.1, 0.15) is 5.75 Å². The molecule has 1 N–H and O–H groups in total. The van der Waals surface area contributed by atoms with Gasteiger partial charge < -0.3 is 15.0 Å². The zero-order valence-electron chi connectivity index (χ0n) is 16.5. The Kier molecular flexibility index (Phi) is 7.41. The molecule has 144 valence electrons. The Bertz CT molecular complexity index is 802. The van der Waals surface area contributed by atoms with E-state index in [1.54, 1.807) is 12.0 Å². The average molecular weight is 368 g/mol. The summed E-state index contributed by atoms with van der Waals surface area (Å²) in [5.41, 5.74) is 4.11. The van der Waals surface area contributed by atoms with Crippen LogP contribution in [0.3, 0.4) is 0 Å². The second kappa shape index (κ2) is 9.76. The van der Waals surface area contributed by atoms with Gasteiger partial charge in [0.25, 0.3) is 0 Å². The number of aryl methyl sites for hydroxylation is 1. The standard InChI is InChI=1S/C22H28N2O3/c1-16-8-7-10-20(17(16)2)24(18(3)25)15-13-22(26)23-14-12-19-9-5-6-11-21(19)27-4/h5-11H,12-15H2,1-4H3,(H,23,26). The quantitative estimate of drug-likeness (QED) is 0.777. The van der Waals surface area contributed by atoms with Crippen molar-refractivity contribution < 1.29 is 14.3 Å². The lowest BCUT2D eigenvalue weighted by atomic mass is 10.1. The molecule has 0 atom stereocenters. The van der Waals surface area contributed by atoms with E-state index in [4.69, 9.17) is 4.74 Å². The van der Waals surface area contributed by atoms with Gasteiger partial charge in [-0.25, -0.2) is 0 Å². The Morgan fingerprint density at radius 3 is 2.52 bits per heavy atom. The molecule has 0 saturated carbocycles. The summed E-state index contributed by atoms with van der Waals surface area (Å²) < 4.78 is 5.32. The highest BCUT2D eigenvalue weighted by molar-refractivity contribution is 5.93. The number of carbonyl (C=O) groups is 2. The Labute approximate surface area is 161 Å². The van der Waals surface area contributed by atoms with Crippen LogP contribution in [-0.2, 0) is 16.0 Å². The first kappa shape index (κ1) is 20.5. The van der Waals surface area contributed by atoms with Crippen LogP contribution in [0.25, 0.3) is 0 Å². The van der Waals surface area contributed by atoms with Gasteiger partial charge in [-0.1, -0.05) is 30.3 Å². The van der Waals surface area contributed by atoms with E-state index >= 15 is 0 Å². The first-order valence-electron chi connectivity index (χ1n) is 9.17.